The highest BCUT2D eigenvalue weighted by Crippen LogP contribution is 2.39. The molecule has 25 heavy (non-hydrogen) atoms. The molecule has 3 rings (SSSR count). The van der Waals surface area contributed by atoms with Crippen LogP contribution < -0.4 is 5.32 Å². The third kappa shape index (κ3) is 3.63. The number of amides is 1. The van der Waals surface area contributed by atoms with Crippen LogP contribution >= 0.6 is 0 Å². The average molecular weight is 338 g/mol. The van der Waals surface area contributed by atoms with Crippen LogP contribution in [0.25, 0.3) is 0 Å². The number of carbonyl (C=O) groups is 1. The van der Waals surface area contributed by atoms with E-state index in [1.165, 1.54) is 12.1 Å². The maximum absolute atomic E-state index is 13.2. The molecular weight excluding hydrogens is 315 g/mol. The van der Waals surface area contributed by atoms with E-state index in [1.54, 1.807) is 12.1 Å². The number of benzene rings is 2. The minimum Gasteiger partial charge on any atom is -0.349 e. The second-order valence-corrected chi connectivity index (χ2v) is 6.80. The minimum absolute atomic E-state index is 0.0111. The Balaban J connectivity index is 1.84. The van der Waals surface area contributed by atoms with Crippen LogP contribution in [0.15, 0.2) is 54.6 Å². The third-order valence-electron chi connectivity index (χ3n) is 5.19. The molecule has 1 amide bonds. The van der Waals surface area contributed by atoms with Crippen LogP contribution in [0.5, 0.6) is 0 Å². The quantitative estimate of drug-likeness (QED) is 0.845. The van der Waals surface area contributed by atoms with Crippen LogP contribution in [-0.2, 0) is 10.2 Å². The van der Waals surface area contributed by atoms with Gasteiger partial charge in [0.2, 0.25) is 5.91 Å². The van der Waals surface area contributed by atoms with Gasteiger partial charge in [0.1, 0.15) is 5.82 Å². The average Bonchev–Trinajstić information content (AvgIpc) is 2.63. The standard InChI is InChI=1S/C21H23FN2O/c1-15(16-7-9-18(22)10-8-16)24-20(25)21(13-11-19(23)12-14-21)17-5-3-2-4-6-17/h2-10,15,23H,11-14H2,1H3,(H,24,25)/t15-,21?/m0/s1. The SMILES string of the molecule is C[C@H](NC(=O)C1(c2ccccc2)CCC(=N)CC1)c1ccc(F)cc1. The van der Waals surface area contributed by atoms with E-state index in [9.17, 15) is 9.18 Å². The van der Waals surface area contributed by atoms with E-state index < -0.39 is 5.41 Å². The molecular formula is C21H23FN2O. The molecule has 1 fully saturated rings. The lowest BCUT2D eigenvalue weighted by molar-refractivity contribution is -0.128. The van der Waals surface area contributed by atoms with Crippen LogP contribution in [0, 0.1) is 11.2 Å². The van der Waals surface area contributed by atoms with Crippen molar-refractivity contribution in [2.45, 2.75) is 44.1 Å². The first-order chi connectivity index (χ1) is 12.0. The second-order valence-electron chi connectivity index (χ2n) is 6.80. The number of nitrogens with one attached hydrogen (secondary N) is 2. The molecule has 1 atom stereocenters. The molecule has 0 spiro atoms. The maximum atomic E-state index is 13.2. The van der Waals surface area contributed by atoms with Crippen molar-refractivity contribution in [1.29, 1.82) is 5.41 Å². The van der Waals surface area contributed by atoms with Crippen LogP contribution in [0.4, 0.5) is 4.39 Å². The van der Waals surface area contributed by atoms with Gasteiger partial charge in [0.15, 0.2) is 0 Å². The lowest BCUT2D eigenvalue weighted by Gasteiger charge is -2.37. The van der Waals surface area contributed by atoms with Gasteiger partial charge in [-0.15, -0.1) is 0 Å². The molecule has 1 saturated carbocycles. The Morgan fingerprint density at radius 2 is 1.68 bits per heavy atom. The van der Waals surface area contributed by atoms with E-state index in [1.807, 2.05) is 37.3 Å². The second kappa shape index (κ2) is 7.18. The first kappa shape index (κ1) is 17.3. The predicted octanol–water partition coefficient (Wildman–Crippen LogP) is 4.53. The Bertz CT molecular complexity index is 745. The van der Waals surface area contributed by atoms with Crippen molar-refractivity contribution in [1.82, 2.24) is 5.32 Å². The fourth-order valence-electron chi connectivity index (χ4n) is 3.55. The predicted molar refractivity (Wildman–Crippen MR) is 97.3 cm³/mol. The van der Waals surface area contributed by atoms with Crippen molar-refractivity contribution in [2.24, 2.45) is 0 Å². The molecule has 4 heteroatoms. The van der Waals surface area contributed by atoms with Crippen LogP contribution in [0.2, 0.25) is 0 Å². The molecule has 0 unspecified atom stereocenters. The van der Waals surface area contributed by atoms with Crippen LogP contribution in [0.3, 0.4) is 0 Å². The zero-order chi connectivity index (χ0) is 17.9. The monoisotopic (exact) mass is 338 g/mol. The summed E-state index contributed by atoms with van der Waals surface area (Å²) in [6, 6.07) is 15.9. The Morgan fingerprint density at radius 3 is 2.28 bits per heavy atom. The highest BCUT2D eigenvalue weighted by Gasteiger charge is 2.42. The number of hydrogen-bond donors (Lipinski definition) is 2. The third-order valence-corrected chi connectivity index (χ3v) is 5.19. The maximum Gasteiger partial charge on any atom is 0.231 e. The fourth-order valence-corrected chi connectivity index (χ4v) is 3.55. The van der Waals surface area contributed by atoms with E-state index in [-0.39, 0.29) is 17.8 Å². The fraction of sp³-hybridized carbons (Fsp3) is 0.333. The van der Waals surface area contributed by atoms with Crippen molar-refractivity contribution in [3.8, 4) is 0 Å². The summed E-state index contributed by atoms with van der Waals surface area (Å²) in [5, 5.41) is 11.0. The molecule has 0 aromatic heterocycles. The van der Waals surface area contributed by atoms with E-state index >= 15 is 0 Å². The number of hydrogen-bond acceptors (Lipinski definition) is 2. The Kier molecular flexibility index (Phi) is 4.98. The van der Waals surface area contributed by atoms with Gasteiger partial charge in [-0.1, -0.05) is 42.5 Å². The molecule has 1 aliphatic rings. The van der Waals surface area contributed by atoms with E-state index in [2.05, 4.69) is 5.32 Å². The summed E-state index contributed by atoms with van der Waals surface area (Å²) in [6.07, 6.45) is 2.59. The van der Waals surface area contributed by atoms with Crippen molar-refractivity contribution < 1.29 is 9.18 Å². The van der Waals surface area contributed by atoms with Gasteiger partial charge in [-0.2, -0.15) is 0 Å². The first-order valence-corrected chi connectivity index (χ1v) is 8.69. The van der Waals surface area contributed by atoms with Gasteiger partial charge in [-0.05, 0) is 55.9 Å². The van der Waals surface area contributed by atoms with Crippen LogP contribution in [-0.4, -0.2) is 11.6 Å². The molecule has 2 aromatic carbocycles. The molecule has 130 valence electrons. The summed E-state index contributed by atoms with van der Waals surface area (Å²) in [6.45, 7) is 1.91. The highest BCUT2D eigenvalue weighted by molar-refractivity contribution is 5.92. The van der Waals surface area contributed by atoms with Gasteiger partial charge in [0, 0.05) is 5.71 Å². The van der Waals surface area contributed by atoms with Gasteiger partial charge < -0.3 is 10.7 Å². The summed E-state index contributed by atoms with van der Waals surface area (Å²) >= 11 is 0. The normalized spacial score (nSPS) is 21.6. The zero-order valence-electron chi connectivity index (χ0n) is 14.4. The van der Waals surface area contributed by atoms with Crippen molar-refractivity contribution in [3.05, 3.63) is 71.5 Å². The smallest absolute Gasteiger partial charge is 0.231 e. The van der Waals surface area contributed by atoms with Crippen LogP contribution in [0.1, 0.15) is 49.8 Å². The van der Waals surface area contributed by atoms with E-state index in [0.29, 0.717) is 31.4 Å². The Morgan fingerprint density at radius 1 is 1.08 bits per heavy atom. The summed E-state index contributed by atoms with van der Waals surface area (Å²) in [7, 11) is 0. The van der Waals surface area contributed by atoms with Crippen molar-refractivity contribution in [3.63, 3.8) is 0 Å². The van der Waals surface area contributed by atoms with Gasteiger partial charge in [0.25, 0.3) is 0 Å². The molecule has 2 aromatic rings. The first-order valence-electron chi connectivity index (χ1n) is 8.69. The molecule has 1 aliphatic carbocycles. The summed E-state index contributed by atoms with van der Waals surface area (Å²) < 4.78 is 13.1. The molecule has 0 bridgehead atoms. The largest absolute Gasteiger partial charge is 0.349 e. The minimum atomic E-state index is -0.597. The zero-order valence-corrected chi connectivity index (χ0v) is 14.4. The number of carbonyl (C=O) groups excluding carboxylic acids is 1. The molecule has 3 nitrogen and oxygen atoms in total. The van der Waals surface area contributed by atoms with Crippen molar-refractivity contribution in [2.75, 3.05) is 0 Å². The Labute approximate surface area is 147 Å². The van der Waals surface area contributed by atoms with Gasteiger partial charge in [-0.25, -0.2) is 4.39 Å². The molecule has 0 aliphatic heterocycles. The van der Waals surface area contributed by atoms with Gasteiger partial charge in [-0.3, -0.25) is 4.79 Å². The van der Waals surface area contributed by atoms with E-state index in [0.717, 1.165) is 11.1 Å². The number of rotatable bonds is 4. The number of halogens is 1. The van der Waals surface area contributed by atoms with Gasteiger partial charge in [0.05, 0.1) is 11.5 Å². The molecule has 0 radical (unpaired) electrons. The molecule has 2 N–H and O–H groups in total. The summed E-state index contributed by atoms with van der Waals surface area (Å²) in [5.74, 6) is -0.295. The van der Waals surface area contributed by atoms with Crippen molar-refractivity contribution >= 4 is 11.6 Å². The Hall–Kier alpha value is -2.49. The molecule has 0 heterocycles. The van der Waals surface area contributed by atoms with E-state index in [4.69, 9.17) is 5.41 Å². The summed E-state index contributed by atoms with van der Waals surface area (Å²) in [4.78, 5) is 13.2. The van der Waals surface area contributed by atoms with Gasteiger partial charge >= 0.3 is 0 Å². The lowest BCUT2D eigenvalue weighted by Crippen LogP contribution is -2.47. The molecule has 0 saturated heterocycles. The highest BCUT2D eigenvalue weighted by atomic mass is 19.1. The lowest BCUT2D eigenvalue weighted by atomic mass is 9.68. The summed E-state index contributed by atoms with van der Waals surface area (Å²) in [5.41, 5.74) is 2.00. The topological polar surface area (TPSA) is 53.0 Å².